The van der Waals surface area contributed by atoms with Gasteiger partial charge in [-0.1, -0.05) is 239 Å². The number of carbonyl (C=O) groups is 3. The first-order valence-corrected chi connectivity index (χ1v) is 29.9. The average molecular weight is 1000 g/mol. The van der Waals surface area contributed by atoms with Crippen LogP contribution < -0.4 is 0 Å². The third kappa shape index (κ3) is 57.0. The molecule has 0 saturated heterocycles. The summed E-state index contributed by atoms with van der Waals surface area (Å²) in [5, 5.41) is 0. The lowest BCUT2D eigenvalue weighted by atomic mass is 10.1. The molecule has 0 spiro atoms. The Balaban J connectivity index is 4.50. The van der Waals surface area contributed by atoms with Crippen molar-refractivity contribution in [2.75, 3.05) is 13.2 Å². The fourth-order valence-corrected chi connectivity index (χ4v) is 8.01. The van der Waals surface area contributed by atoms with E-state index in [-0.39, 0.29) is 37.5 Å². The molecule has 0 rings (SSSR count). The second-order valence-corrected chi connectivity index (χ2v) is 19.5. The van der Waals surface area contributed by atoms with E-state index in [1.807, 2.05) is 0 Å². The van der Waals surface area contributed by atoms with Gasteiger partial charge in [-0.05, 0) is 122 Å². The lowest BCUT2D eigenvalue weighted by Gasteiger charge is -2.18. The molecule has 0 fully saturated rings. The topological polar surface area (TPSA) is 78.9 Å². The van der Waals surface area contributed by atoms with Crippen LogP contribution in [-0.2, 0) is 28.6 Å². The second-order valence-electron chi connectivity index (χ2n) is 19.5. The molecule has 6 heteroatoms. The van der Waals surface area contributed by atoms with Crippen LogP contribution in [0.2, 0.25) is 0 Å². The lowest BCUT2D eigenvalue weighted by molar-refractivity contribution is -0.167. The molecule has 1 unspecified atom stereocenters. The minimum Gasteiger partial charge on any atom is -0.462 e. The van der Waals surface area contributed by atoms with Gasteiger partial charge in [0.05, 0.1) is 0 Å². The highest BCUT2D eigenvalue weighted by molar-refractivity contribution is 5.71. The minimum absolute atomic E-state index is 0.104. The zero-order valence-corrected chi connectivity index (χ0v) is 46.9. The predicted octanol–water partition coefficient (Wildman–Crippen LogP) is 20.3. The zero-order valence-electron chi connectivity index (χ0n) is 46.9. The first kappa shape index (κ1) is 68.1. The molecule has 0 saturated carbocycles. The maximum atomic E-state index is 12.9. The maximum absolute atomic E-state index is 12.9. The van der Waals surface area contributed by atoms with Crippen molar-refractivity contribution in [2.24, 2.45) is 0 Å². The van der Waals surface area contributed by atoms with E-state index in [4.69, 9.17) is 14.2 Å². The standard InChI is InChI=1S/C66H110O6/c1-4-7-10-13-16-19-22-25-28-30-31-32-33-34-35-36-39-41-44-47-50-53-56-59-65(68)71-62-63(61-70-64(67)58-55-52-49-46-43-40-37-27-24-21-18-15-12-9-6-3)72-66(69)60-57-54-51-48-45-42-38-29-26-23-20-17-14-11-8-5-2/h7,10,16,19,25,27-29,31-32,34-35,37-39,41,47,50,63H,4-6,8-9,11-15,17-18,20-24,26,30,33,36,40,42-46,48-49,51-62H2,1-3H3/b10-7-,19-16-,28-25-,32-31-,35-34-,37-27-,38-29-,41-39-,50-47-. The van der Waals surface area contributed by atoms with Gasteiger partial charge in [0.1, 0.15) is 13.2 Å². The Morgan fingerprint density at radius 2 is 0.556 bits per heavy atom. The molecule has 0 aromatic rings. The summed E-state index contributed by atoms with van der Waals surface area (Å²) in [6.07, 6.45) is 80.8. The van der Waals surface area contributed by atoms with Crippen molar-refractivity contribution in [1.29, 1.82) is 0 Å². The average Bonchev–Trinajstić information content (AvgIpc) is 3.38. The van der Waals surface area contributed by atoms with Gasteiger partial charge >= 0.3 is 17.9 Å². The van der Waals surface area contributed by atoms with Gasteiger partial charge in [-0.2, -0.15) is 0 Å². The van der Waals surface area contributed by atoms with Crippen LogP contribution in [0, 0.1) is 0 Å². The highest BCUT2D eigenvalue weighted by Crippen LogP contribution is 2.14. The molecule has 6 nitrogen and oxygen atoms in total. The van der Waals surface area contributed by atoms with E-state index < -0.39 is 6.10 Å². The van der Waals surface area contributed by atoms with E-state index >= 15 is 0 Å². The van der Waals surface area contributed by atoms with Crippen LogP contribution in [0.15, 0.2) is 109 Å². The van der Waals surface area contributed by atoms with E-state index in [9.17, 15) is 14.4 Å². The van der Waals surface area contributed by atoms with Crippen molar-refractivity contribution in [3.05, 3.63) is 109 Å². The minimum atomic E-state index is -0.811. The number of unbranched alkanes of at least 4 members (excludes halogenated alkanes) is 24. The van der Waals surface area contributed by atoms with E-state index in [0.29, 0.717) is 19.3 Å². The molecule has 0 aliphatic rings. The third-order valence-electron chi connectivity index (χ3n) is 12.5. The van der Waals surface area contributed by atoms with Gasteiger partial charge in [0, 0.05) is 19.3 Å². The lowest BCUT2D eigenvalue weighted by Crippen LogP contribution is -2.30. The van der Waals surface area contributed by atoms with Crippen molar-refractivity contribution < 1.29 is 28.6 Å². The second kappa shape index (κ2) is 59.6. The molecule has 410 valence electrons. The highest BCUT2D eigenvalue weighted by Gasteiger charge is 2.19. The van der Waals surface area contributed by atoms with Gasteiger partial charge in [-0.3, -0.25) is 14.4 Å². The monoisotopic (exact) mass is 999 g/mol. The van der Waals surface area contributed by atoms with Crippen LogP contribution in [0.25, 0.3) is 0 Å². The van der Waals surface area contributed by atoms with E-state index in [1.165, 1.54) is 109 Å². The normalized spacial score (nSPS) is 12.9. The number of carbonyl (C=O) groups excluding carboxylic acids is 3. The summed E-state index contributed by atoms with van der Waals surface area (Å²) in [6.45, 7) is 6.46. The summed E-state index contributed by atoms with van der Waals surface area (Å²) in [7, 11) is 0. The molecule has 0 bridgehead atoms. The quantitative estimate of drug-likeness (QED) is 0.0261. The van der Waals surface area contributed by atoms with Crippen LogP contribution in [0.4, 0.5) is 0 Å². The molecule has 0 amide bonds. The number of rotatable bonds is 53. The molecule has 0 aliphatic carbocycles. The number of ether oxygens (including phenoxy) is 3. The van der Waals surface area contributed by atoms with Gasteiger partial charge in [0.25, 0.3) is 0 Å². The van der Waals surface area contributed by atoms with Gasteiger partial charge in [-0.25, -0.2) is 0 Å². The first-order chi connectivity index (χ1) is 35.5. The largest absolute Gasteiger partial charge is 0.462 e. The zero-order chi connectivity index (χ0) is 52.2. The molecule has 0 aromatic carbocycles. The Labute approximate surface area is 444 Å². The highest BCUT2D eigenvalue weighted by atomic mass is 16.6. The van der Waals surface area contributed by atoms with Crippen molar-refractivity contribution in [3.8, 4) is 0 Å². The van der Waals surface area contributed by atoms with Crippen molar-refractivity contribution in [3.63, 3.8) is 0 Å². The molecule has 72 heavy (non-hydrogen) atoms. The molecular weight excluding hydrogens is 889 g/mol. The third-order valence-corrected chi connectivity index (χ3v) is 12.5. The summed E-state index contributed by atoms with van der Waals surface area (Å²) < 4.78 is 16.8. The molecule has 0 radical (unpaired) electrons. The SMILES string of the molecule is CC/C=C\C/C=C\C/C=C\C/C=C\C/C=C\C/C=C\C/C=C\CCCC(=O)OCC(COC(=O)CCCCCCC/C=C\CCCCCCCC)OC(=O)CCCCCCC/C=C\CCCCCCCCC. The molecule has 0 heterocycles. The summed E-state index contributed by atoms with van der Waals surface area (Å²) in [4.78, 5) is 38.2. The summed E-state index contributed by atoms with van der Waals surface area (Å²) in [5.74, 6) is -0.980. The first-order valence-electron chi connectivity index (χ1n) is 29.9. The Morgan fingerprint density at radius 3 is 0.917 bits per heavy atom. The predicted molar refractivity (Wildman–Crippen MR) is 311 cm³/mol. The van der Waals surface area contributed by atoms with Crippen LogP contribution in [0.3, 0.4) is 0 Å². The Kier molecular flexibility index (Phi) is 56.4. The smallest absolute Gasteiger partial charge is 0.306 e. The Hall–Kier alpha value is -3.93. The van der Waals surface area contributed by atoms with E-state index in [1.54, 1.807) is 0 Å². The summed E-state index contributed by atoms with van der Waals surface area (Å²) in [5.41, 5.74) is 0. The van der Waals surface area contributed by atoms with Crippen LogP contribution in [0.5, 0.6) is 0 Å². The van der Waals surface area contributed by atoms with Gasteiger partial charge in [0.15, 0.2) is 6.10 Å². The van der Waals surface area contributed by atoms with Crippen LogP contribution in [0.1, 0.15) is 271 Å². The molecule has 0 N–H and O–H groups in total. The fourth-order valence-electron chi connectivity index (χ4n) is 8.01. The summed E-state index contributed by atoms with van der Waals surface area (Å²) >= 11 is 0. The number of hydrogen-bond acceptors (Lipinski definition) is 6. The van der Waals surface area contributed by atoms with Crippen LogP contribution in [-0.4, -0.2) is 37.2 Å². The van der Waals surface area contributed by atoms with Crippen molar-refractivity contribution in [2.45, 2.75) is 277 Å². The van der Waals surface area contributed by atoms with Crippen molar-refractivity contribution >= 4 is 17.9 Å². The number of esters is 3. The maximum Gasteiger partial charge on any atom is 0.306 e. The molecule has 0 aliphatic heterocycles. The number of hydrogen-bond donors (Lipinski definition) is 0. The molecule has 1 atom stereocenters. The van der Waals surface area contributed by atoms with Crippen molar-refractivity contribution in [1.82, 2.24) is 0 Å². The van der Waals surface area contributed by atoms with Crippen LogP contribution >= 0.6 is 0 Å². The van der Waals surface area contributed by atoms with E-state index in [2.05, 4.69) is 130 Å². The molecular formula is C66H110O6. The number of allylic oxidation sites excluding steroid dienone is 18. The fraction of sp³-hybridized carbons (Fsp3) is 0.682. The van der Waals surface area contributed by atoms with E-state index in [0.717, 1.165) is 116 Å². The van der Waals surface area contributed by atoms with Gasteiger partial charge < -0.3 is 14.2 Å². The molecule has 0 aromatic heterocycles. The summed E-state index contributed by atoms with van der Waals surface area (Å²) in [6, 6.07) is 0. The van der Waals surface area contributed by atoms with Gasteiger partial charge in [0.2, 0.25) is 0 Å². The Bertz CT molecular complexity index is 1470. The Morgan fingerprint density at radius 1 is 0.292 bits per heavy atom. The van der Waals surface area contributed by atoms with Gasteiger partial charge in [-0.15, -0.1) is 0 Å².